The lowest BCUT2D eigenvalue weighted by Gasteiger charge is -2.30. The molecule has 1 heterocycles. The van der Waals surface area contributed by atoms with E-state index in [1.165, 1.54) is 12.5 Å². The first kappa shape index (κ1) is 44.7. The molecule has 4 unspecified atom stereocenters. The second-order valence-electron chi connectivity index (χ2n) is 13.5. The van der Waals surface area contributed by atoms with E-state index < -0.39 is 6.04 Å². The fourth-order valence-corrected chi connectivity index (χ4v) is 5.52. The standard InChI is InChI=1S/C29H41N5O4.C8H10.C5H10O2/c1-6-19(3)27-25(18-31-38-27)30-16-17-34(26-11-9-8-10-20(26)4)29(37)24(7-2)33-28(36)22-12-14-23(15-13-22)32-21(5)35;1-2-8-6-4-3-5-7-8;1-4(2)5(7)3-6/h8-15,19,24-25,27,30-31H,6-7,16-18H2,1-5H3,(H,32,35)(H,33,36);3-7H,2H2,1H3;4,6H,3H2,1-2H3. The molecule has 0 radical (unpaired) electrons. The van der Waals surface area contributed by atoms with Crippen LogP contribution in [0.4, 0.5) is 11.4 Å². The lowest BCUT2D eigenvalue weighted by molar-refractivity contribution is -0.124. The summed E-state index contributed by atoms with van der Waals surface area (Å²) in [5.74, 6) is -0.399. The number of aliphatic hydroxyl groups is 1. The van der Waals surface area contributed by atoms with Crippen LogP contribution in [-0.4, -0.2) is 73.0 Å². The van der Waals surface area contributed by atoms with E-state index in [0.717, 1.165) is 24.1 Å². The van der Waals surface area contributed by atoms with Gasteiger partial charge in [0.15, 0.2) is 5.78 Å². The van der Waals surface area contributed by atoms with E-state index in [1.807, 2.05) is 44.2 Å². The number of hydroxylamine groups is 1. The highest BCUT2D eigenvalue weighted by Gasteiger charge is 2.33. The van der Waals surface area contributed by atoms with Gasteiger partial charge in [-0.05, 0) is 67.1 Å². The van der Waals surface area contributed by atoms with Gasteiger partial charge in [0.1, 0.15) is 12.6 Å². The number of benzene rings is 3. The number of amides is 3. The molecule has 0 spiro atoms. The second-order valence-corrected chi connectivity index (χ2v) is 13.5. The molecule has 11 heteroatoms. The van der Waals surface area contributed by atoms with Gasteiger partial charge in [-0.2, -0.15) is 0 Å². The minimum atomic E-state index is -0.693. The Balaban J connectivity index is 0.000000535. The van der Waals surface area contributed by atoms with E-state index in [2.05, 4.69) is 66.5 Å². The average Bonchev–Trinajstić information content (AvgIpc) is 3.64. The summed E-state index contributed by atoms with van der Waals surface area (Å²) in [6, 6.07) is 24.3. The number of rotatable bonds is 15. The monoisotopic (exact) mass is 731 g/mol. The Morgan fingerprint density at radius 1 is 0.906 bits per heavy atom. The van der Waals surface area contributed by atoms with Crippen LogP contribution in [0.1, 0.15) is 82.8 Å². The summed E-state index contributed by atoms with van der Waals surface area (Å²) in [7, 11) is 0. The van der Waals surface area contributed by atoms with Gasteiger partial charge >= 0.3 is 0 Å². The summed E-state index contributed by atoms with van der Waals surface area (Å²) in [5, 5.41) is 17.3. The maximum absolute atomic E-state index is 13.8. The van der Waals surface area contributed by atoms with Crippen LogP contribution in [0.25, 0.3) is 0 Å². The molecule has 0 saturated carbocycles. The number of hydrogen-bond acceptors (Lipinski definition) is 8. The van der Waals surface area contributed by atoms with Gasteiger partial charge in [-0.3, -0.25) is 24.0 Å². The molecule has 4 atom stereocenters. The number of aryl methyl sites for hydroxylation is 2. The Labute approximate surface area is 316 Å². The van der Waals surface area contributed by atoms with E-state index in [9.17, 15) is 19.2 Å². The normalized spacial score (nSPS) is 15.9. The fraction of sp³-hybridized carbons (Fsp3) is 0.476. The number of ketones is 1. The quantitative estimate of drug-likeness (QED) is 0.131. The van der Waals surface area contributed by atoms with E-state index in [1.54, 1.807) is 43.0 Å². The fourth-order valence-electron chi connectivity index (χ4n) is 5.52. The van der Waals surface area contributed by atoms with Crippen LogP contribution in [0.5, 0.6) is 0 Å². The first-order chi connectivity index (χ1) is 25.4. The molecule has 1 aliphatic heterocycles. The van der Waals surface area contributed by atoms with Gasteiger partial charge in [0.25, 0.3) is 5.91 Å². The van der Waals surface area contributed by atoms with Gasteiger partial charge in [-0.1, -0.05) is 96.5 Å². The highest BCUT2D eigenvalue weighted by molar-refractivity contribution is 6.03. The highest BCUT2D eigenvalue weighted by atomic mass is 16.7. The predicted molar refractivity (Wildman–Crippen MR) is 213 cm³/mol. The van der Waals surface area contributed by atoms with Crippen molar-refractivity contribution in [1.29, 1.82) is 0 Å². The zero-order valence-electron chi connectivity index (χ0n) is 32.8. The number of para-hydroxylation sites is 1. The molecule has 53 heavy (non-hydrogen) atoms. The molecular weight excluding hydrogens is 670 g/mol. The molecule has 1 aliphatic rings. The number of aliphatic hydroxyl groups excluding tert-OH is 1. The van der Waals surface area contributed by atoms with Crippen LogP contribution in [0.3, 0.4) is 0 Å². The number of hydrogen-bond donors (Lipinski definition) is 5. The molecule has 4 rings (SSSR count). The Kier molecular flexibility index (Phi) is 20.3. The maximum Gasteiger partial charge on any atom is 0.251 e. The Morgan fingerprint density at radius 2 is 1.55 bits per heavy atom. The van der Waals surface area contributed by atoms with Crippen LogP contribution in [-0.2, 0) is 25.6 Å². The van der Waals surface area contributed by atoms with Crippen molar-refractivity contribution in [2.75, 3.05) is 36.5 Å². The first-order valence-electron chi connectivity index (χ1n) is 18.7. The molecular formula is C42H61N5O6. The molecule has 0 bridgehead atoms. The summed E-state index contributed by atoms with van der Waals surface area (Å²) < 4.78 is 0. The topological polar surface area (TPSA) is 149 Å². The number of Topliss-reactive ketones (excluding diaryl/α,β-unsaturated/α-hetero) is 1. The number of nitrogens with one attached hydrogen (secondary N) is 4. The number of carbonyl (C=O) groups excluding carboxylic acids is 4. The maximum atomic E-state index is 13.8. The van der Waals surface area contributed by atoms with Crippen LogP contribution in [0, 0.1) is 18.8 Å². The SMILES string of the molecule is CC(C)C(=O)CO.CCC(NC(=O)c1ccc(NC(C)=O)cc1)C(=O)N(CCNC1CNOC1C(C)CC)c1ccccc1C.CCc1ccccc1. The van der Waals surface area contributed by atoms with Crippen LogP contribution in [0.2, 0.25) is 0 Å². The molecule has 3 amide bonds. The number of anilines is 2. The van der Waals surface area contributed by atoms with Crippen molar-refractivity contribution in [1.82, 2.24) is 16.1 Å². The molecule has 3 aromatic carbocycles. The molecule has 1 fully saturated rings. The molecule has 11 nitrogen and oxygen atoms in total. The third-order valence-electron chi connectivity index (χ3n) is 9.07. The van der Waals surface area contributed by atoms with Gasteiger partial charge in [-0.25, -0.2) is 5.48 Å². The van der Waals surface area contributed by atoms with Gasteiger partial charge in [0, 0.05) is 49.4 Å². The summed E-state index contributed by atoms with van der Waals surface area (Å²) >= 11 is 0. The molecule has 0 aliphatic carbocycles. The largest absolute Gasteiger partial charge is 0.389 e. The smallest absolute Gasteiger partial charge is 0.251 e. The summed E-state index contributed by atoms with van der Waals surface area (Å²) in [6.07, 6.45) is 2.68. The van der Waals surface area contributed by atoms with Gasteiger partial charge in [-0.15, -0.1) is 0 Å². The summed E-state index contributed by atoms with van der Waals surface area (Å²) in [5.41, 5.74) is 7.25. The van der Waals surface area contributed by atoms with Crippen molar-refractivity contribution in [3.8, 4) is 0 Å². The van der Waals surface area contributed by atoms with Crippen molar-refractivity contribution < 1.29 is 29.1 Å². The van der Waals surface area contributed by atoms with Gasteiger partial charge in [0.2, 0.25) is 11.8 Å². The minimum absolute atomic E-state index is 0.0231. The Morgan fingerprint density at radius 3 is 2.06 bits per heavy atom. The van der Waals surface area contributed by atoms with Gasteiger partial charge in [0.05, 0.1) is 12.1 Å². The average molecular weight is 732 g/mol. The summed E-state index contributed by atoms with van der Waals surface area (Å²) in [6.45, 7) is 16.7. The predicted octanol–water partition coefficient (Wildman–Crippen LogP) is 5.86. The lowest BCUT2D eigenvalue weighted by Crippen LogP contribution is -2.51. The first-order valence-corrected chi connectivity index (χ1v) is 18.7. The molecule has 5 N–H and O–H groups in total. The zero-order valence-corrected chi connectivity index (χ0v) is 32.8. The van der Waals surface area contributed by atoms with Crippen molar-refractivity contribution in [3.05, 3.63) is 95.6 Å². The van der Waals surface area contributed by atoms with E-state index in [-0.39, 0.29) is 48.2 Å². The highest BCUT2D eigenvalue weighted by Crippen LogP contribution is 2.22. The Hall–Kier alpha value is -4.42. The third kappa shape index (κ3) is 15.2. The van der Waals surface area contributed by atoms with E-state index >= 15 is 0 Å². The summed E-state index contributed by atoms with van der Waals surface area (Å²) in [4.78, 5) is 55.8. The van der Waals surface area contributed by atoms with Crippen molar-refractivity contribution >= 4 is 34.9 Å². The van der Waals surface area contributed by atoms with Crippen molar-refractivity contribution in [3.63, 3.8) is 0 Å². The van der Waals surface area contributed by atoms with Crippen molar-refractivity contribution in [2.24, 2.45) is 11.8 Å². The van der Waals surface area contributed by atoms with E-state index in [4.69, 9.17) is 9.94 Å². The lowest BCUT2D eigenvalue weighted by atomic mass is 9.96. The second kappa shape index (κ2) is 24.0. The van der Waals surface area contributed by atoms with Gasteiger partial charge < -0.3 is 26.0 Å². The van der Waals surface area contributed by atoms with Crippen molar-refractivity contribution in [2.45, 2.75) is 92.8 Å². The molecule has 3 aromatic rings. The third-order valence-corrected chi connectivity index (χ3v) is 9.07. The number of carbonyl (C=O) groups is 4. The molecule has 1 saturated heterocycles. The number of nitrogens with zero attached hydrogens (tertiary/aromatic N) is 1. The van der Waals surface area contributed by atoms with Crippen LogP contribution >= 0.6 is 0 Å². The van der Waals surface area contributed by atoms with Crippen LogP contribution in [0.15, 0.2) is 78.9 Å². The molecule has 0 aromatic heterocycles. The Bertz CT molecular complexity index is 1550. The van der Waals surface area contributed by atoms with E-state index in [0.29, 0.717) is 43.2 Å². The zero-order chi connectivity index (χ0) is 39.3. The minimum Gasteiger partial charge on any atom is -0.389 e. The van der Waals surface area contributed by atoms with Crippen LogP contribution < -0.4 is 26.3 Å². The molecule has 290 valence electrons.